The topological polar surface area (TPSA) is 54.0 Å². The number of nitrogens with one attached hydrogen (secondary N) is 1. The first-order valence-corrected chi connectivity index (χ1v) is 10.3. The van der Waals surface area contributed by atoms with Crippen molar-refractivity contribution in [3.8, 4) is 0 Å². The third-order valence-corrected chi connectivity index (χ3v) is 4.96. The molecule has 1 saturated carbocycles. The first-order chi connectivity index (χ1) is 14.2. The molecule has 148 valence electrons. The van der Waals surface area contributed by atoms with Crippen LogP contribution in [0.25, 0.3) is 11.3 Å². The van der Waals surface area contributed by atoms with Gasteiger partial charge in [-0.3, -0.25) is 9.39 Å². The van der Waals surface area contributed by atoms with E-state index in [0.29, 0.717) is 6.54 Å². The van der Waals surface area contributed by atoms with Crippen molar-refractivity contribution in [1.29, 1.82) is 0 Å². The van der Waals surface area contributed by atoms with Gasteiger partial charge < -0.3 is 5.32 Å². The molecule has 5 rings (SSSR count). The molecule has 1 aliphatic carbocycles. The molecule has 2 aromatic heterocycles. The zero-order chi connectivity index (χ0) is 20.2. The van der Waals surface area contributed by atoms with Crippen molar-refractivity contribution in [2.75, 3.05) is 11.9 Å². The van der Waals surface area contributed by atoms with Crippen LogP contribution in [0.1, 0.15) is 48.6 Å². The first kappa shape index (κ1) is 19.1. The van der Waals surface area contributed by atoms with Crippen LogP contribution < -0.4 is 5.32 Å². The van der Waals surface area contributed by atoms with Crippen LogP contribution in [-0.4, -0.2) is 28.0 Å². The molecular weight excluding hydrogens is 358 g/mol. The molecule has 29 heavy (non-hydrogen) atoms. The van der Waals surface area contributed by atoms with Gasteiger partial charge in [-0.05, 0) is 36.6 Å². The van der Waals surface area contributed by atoms with Gasteiger partial charge in [-0.25, -0.2) is 9.98 Å². The van der Waals surface area contributed by atoms with Crippen LogP contribution in [0.2, 0.25) is 0 Å². The normalized spacial score (nSPS) is 14.3. The van der Waals surface area contributed by atoms with Gasteiger partial charge in [-0.15, -0.1) is 0 Å². The lowest BCUT2D eigenvalue weighted by molar-refractivity contribution is 1.06. The molecule has 0 spiro atoms. The molecule has 3 aromatic rings. The van der Waals surface area contributed by atoms with Gasteiger partial charge in [0.1, 0.15) is 5.65 Å². The highest BCUT2D eigenvalue weighted by molar-refractivity contribution is 6.07. The van der Waals surface area contributed by atoms with Gasteiger partial charge in [-0.2, -0.15) is 0 Å². The number of aryl methyl sites for hydroxylation is 2. The lowest BCUT2D eigenvalue weighted by Gasteiger charge is -2.13. The summed E-state index contributed by atoms with van der Waals surface area (Å²) in [5.74, 6) is 0.779. The molecule has 0 saturated heterocycles. The monoisotopic (exact) mass is 385 g/mol. The zero-order valence-corrected chi connectivity index (χ0v) is 17.2. The summed E-state index contributed by atoms with van der Waals surface area (Å²) in [5, 5.41) is 3.44. The van der Waals surface area contributed by atoms with Crippen molar-refractivity contribution in [2.24, 2.45) is 9.98 Å². The second kappa shape index (κ2) is 8.43. The maximum Gasteiger partial charge on any atom is 0.154 e. The number of anilines is 1. The number of benzene rings is 1. The van der Waals surface area contributed by atoms with Crippen LogP contribution in [0, 0.1) is 6.92 Å². The molecule has 0 radical (unpaired) electrons. The Labute approximate surface area is 171 Å². The number of aromatic nitrogens is 2. The molecule has 1 aromatic carbocycles. The fraction of sp³-hybridized carbons (Fsp3) is 0.292. The summed E-state index contributed by atoms with van der Waals surface area (Å²) in [6.45, 7) is 9.11. The molecule has 1 fully saturated rings. The Morgan fingerprint density at radius 1 is 1.17 bits per heavy atom. The molecule has 0 unspecified atom stereocenters. The Bertz CT molecular complexity index is 1100. The number of aliphatic imine (C=N–C) groups is 2. The summed E-state index contributed by atoms with van der Waals surface area (Å²) in [7, 11) is 0. The smallest absolute Gasteiger partial charge is 0.154 e. The summed E-state index contributed by atoms with van der Waals surface area (Å²) in [4.78, 5) is 13.2. The van der Waals surface area contributed by atoms with Crippen LogP contribution >= 0.6 is 0 Å². The second-order valence-corrected chi connectivity index (χ2v) is 7.43. The fourth-order valence-electron chi connectivity index (χ4n) is 3.04. The maximum absolute atomic E-state index is 4.48. The number of nitrogens with zero attached hydrogens (tertiary/aromatic N) is 4. The molecular formula is C24H27N5. The van der Waals surface area contributed by atoms with Crippen LogP contribution in [0.15, 0.2) is 59.3 Å². The molecule has 1 N–H and O–H groups in total. The maximum atomic E-state index is 4.48. The van der Waals surface area contributed by atoms with Gasteiger partial charge in [0, 0.05) is 23.7 Å². The largest absolute Gasteiger partial charge is 0.354 e. The summed E-state index contributed by atoms with van der Waals surface area (Å²) < 4.78 is 2.08. The number of hydrogen-bond donors (Lipinski definition) is 1. The number of fused-ring (bicyclic) bond motifs is 1. The van der Waals surface area contributed by atoms with Crippen molar-refractivity contribution in [1.82, 2.24) is 9.38 Å². The van der Waals surface area contributed by atoms with Gasteiger partial charge in [0.05, 0.1) is 24.1 Å². The minimum absolute atomic E-state index is 0.653. The van der Waals surface area contributed by atoms with Crippen molar-refractivity contribution < 1.29 is 0 Å². The Kier molecular flexibility index (Phi) is 5.56. The number of amidine groups is 1. The second-order valence-electron chi connectivity index (χ2n) is 7.43. The van der Waals surface area contributed by atoms with Gasteiger partial charge in [0.2, 0.25) is 0 Å². The molecule has 0 bridgehead atoms. The third kappa shape index (κ3) is 4.45. The number of rotatable bonds is 5. The number of hydrogen-bond acceptors (Lipinski definition) is 4. The van der Waals surface area contributed by atoms with Crippen molar-refractivity contribution in [2.45, 2.75) is 39.5 Å². The quantitative estimate of drug-likeness (QED) is 0.649. The van der Waals surface area contributed by atoms with Crippen LogP contribution in [0.4, 0.5) is 5.69 Å². The van der Waals surface area contributed by atoms with Crippen molar-refractivity contribution in [3.63, 3.8) is 0 Å². The Morgan fingerprint density at radius 2 is 2.00 bits per heavy atom. The molecule has 0 amide bonds. The summed E-state index contributed by atoms with van der Waals surface area (Å²) in [6, 6.07) is 10.3. The predicted octanol–water partition coefficient (Wildman–Crippen LogP) is 5.29. The third-order valence-electron chi connectivity index (χ3n) is 4.96. The molecule has 0 atom stereocenters. The minimum Gasteiger partial charge on any atom is -0.354 e. The highest BCUT2D eigenvalue weighted by Crippen LogP contribution is 2.24. The van der Waals surface area contributed by atoms with E-state index in [4.69, 9.17) is 0 Å². The number of pyridine rings is 1. The van der Waals surface area contributed by atoms with Crippen LogP contribution in [0.3, 0.4) is 0 Å². The van der Waals surface area contributed by atoms with E-state index in [9.17, 15) is 0 Å². The van der Waals surface area contributed by atoms with Crippen LogP contribution in [-0.2, 0) is 6.42 Å². The van der Waals surface area contributed by atoms with Gasteiger partial charge in [-0.1, -0.05) is 51.0 Å². The average Bonchev–Trinajstić information content (AvgIpc) is 3.40. The van der Waals surface area contributed by atoms with E-state index in [2.05, 4.69) is 69.5 Å². The van der Waals surface area contributed by atoms with E-state index < -0.39 is 0 Å². The van der Waals surface area contributed by atoms with E-state index in [1.54, 1.807) is 0 Å². The van der Waals surface area contributed by atoms with Crippen molar-refractivity contribution >= 4 is 29.1 Å². The summed E-state index contributed by atoms with van der Waals surface area (Å²) in [6.07, 6.45) is 11.3. The number of imidazole rings is 1. The SMILES string of the molecule is C1CC1.C=C(Nc1cc(C2=NCC=N2)ccc1C)c1cnc2ccc(CC)cn12. The van der Waals surface area contributed by atoms with Gasteiger partial charge in [0.25, 0.3) is 0 Å². The molecule has 5 heteroatoms. The highest BCUT2D eigenvalue weighted by Gasteiger charge is 2.11. The molecule has 1 aliphatic heterocycles. The Balaban J connectivity index is 0.000000626. The zero-order valence-electron chi connectivity index (χ0n) is 17.2. The highest BCUT2D eigenvalue weighted by atomic mass is 15.0. The predicted molar refractivity (Wildman–Crippen MR) is 122 cm³/mol. The van der Waals surface area contributed by atoms with E-state index in [-0.39, 0.29) is 0 Å². The summed E-state index contributed by atoms with van der Waals surface area (Å²) >= 11 is 0. The van der Waals surface area contributed by atoms with Crippen LogP contribution in [0.5, 0.6) is 0 Å². The van der Waals surface area contributed by atoms with E-state index in [0.717, 1.165) is 46.1 Å². The summed E-state index contributed by atoms with van der Waals surface area (Å²) in [5.41, 5.74) is 7.09. The Hall–Kier alpha value is -3.21. The Morgan fingerprint density at radius 3 is 2.69 bits per heavy atom. The lowest BCUT2D eigenvalue weighted by atomic mass is 10.1. The van der Waals surface area contributed by atoms with Gasteiger partial charge >= 0.3 is 0 Å². The fourth-order valence-corrected chi connectivity index (χ4v) is 3.04. The standard InChI is InChI=1S/C21H21N5.C3H6/c1-4-16-6-8-20-24-12-19(26(20)13-16)15(3)25-18-11-17(7-5-14(18)2)21-22-9-10-23-21;1-2-3-1/h5-9,11-13,25H,3-4,10H2,1-2H3;1-3H2. The lowest BCUT2D eigenvalue weighted by Crippen LogP contribution is -2.04. The van der Waals surface area contributed by atoms with E-state index in [1.165, 1.54) is 24.8 Å². The van der Waals surface area contributed by atoms with E-state index >= 15 is 0 Å². The molecule has 2 aliphatic rings. The van der Waals surface area contributed by atoms with E-state index in [1.807, 2.05) is 24.5 Å². The average molecular weight is 386 g/mol. The van der Waals surface area contributed by atoms with Gasteiger partial charge in [0.15, 0.2) is 5.84 Å². The van der Waals surface area contributed by atoms with Crippen molar-refractivity contribution in [3.05, 3.63) is 71.7 Å². The molecule has 3 heterocycles. The first-order valence-electron chi connectivity index (χ1n) is 10.3. The minimum atomic E-state index is 0.653. The molecule has 5 nitrogen and oxygen atoms in total.